The summed E-state index contributed by atoms with van der Waals surface area (Å²) in [6, 6.07) is 17.1. The van der Waals surface area contributed by atoms with E-state index in [1.165, 1.54) is 0 Å². The molecule has 2 aromatic carbocycles. The van der Waals surface area contributed by atoms with Gasteiger partial charge in [-0.3, -0.25) is 0 Å². The first kappa shape index (κ1) is 13.3. The van der Waals surface area contributed by atoms with E-state index >= 15 is 0 Å². The first-order valence-electron chi connectivity index (χ1n) is 7.18. The maximum atomic E-state index is 6.02. The van der Waals surface area contributed by atoms with E-state index in [-0.39, 0.29) is 0 Å². The summed E-state index contributed by atoms with van der Waals surface area (Å²) in [6.07, 6.45) is 1.72. The van der Waals surface area contributed by atoms with Gasteiger partial charge in [0.2, 0.25) is 5.89 Å². The predicted molar refractivity (Wildman–Crippen MR) is 91.5 cm³/mol. The van der Waals surface area contributed by atoms with Crippen molar-refractivity contribution in [2.24, 2.45) is 0 Å². The Balaban J connectivity index is 1.86. The van der Waals surface area contributed by atoms with Gasteiger partial charge in [-0.1, -0.05) is 24.3 Å². The van der Waals surface area contributed by atoms with Crippen LogP contribution >= 0.6 is 0 Å². The van der Waals surface area contributed by atoms with Crippen LogP contribution in [0.5, 0.6) is 0 Å². The molecule has 0 fully saturated rings. The van der Waals surface area contributed by atoms with Crippen LogP contribution in [-0.4, -0.2) is 9.97 Å². The number of aromatic nitrogens is 2. The minimum atomic E-state index is 0.379. The Bertz CT molecular complexity index is 974. The van der Waals surface area contributed by atoms with Gasteiger partial charge in [0.05, 0.1) is 5.56 Å². The molecule has 0 unspecified atom stereocenters. The number of rotatable bonds is 2. The van der Waals surface area contributed by atoms with Crippen molar-refractivity contribution < 1.29 is 4.42 Å². The Morgan fingerprint density at radius 2 is 1.74 bits per heavy atom. The SMILES string of the molecule is Nc1cccc(-c2cnc(N)c(-c3nc4ccccc4o3)c2)c1. The molecule has 4 N–H and O–H groups in total. The summed E-state index contributed by atoms with van der Waals surface area (Å²) in [5.41, 5.74) is 16.6. The molecule has 23 heavy (non-hydrogen) atoms. The highest BCUT2D eigenvalue weighted by molar-refractivity contribution is 5.81. The molecule has 0 aliphatic carbocycles. The fourth-order valence-electron chi connectivity index (χ4n) is 2.51. The first-order chi connectivity index (χ1) is 11.2. The van der Waals surface area contributed by atoms with Crippen LogP contribution < -0.4 is 11.5 Å². The Morgan fingerprint density at radius 1 is 0.870 bits per heavy atom. The van der Waals surface area contributed by atoms with Gasteiger partial charge in [-0.15, -0.1) is 0 Å². The Morgan fingerprint density at radius 3 is 2.57 bits per heavy atom. The molecule has 0 amide bonds. The topological polar surface area (TPSA) is 91.0 Å². The normalized spacial score (nSPS) is 11.0. The van der Waals surface area contributed by atoms with Crippen LogP contribution in [-0.2, 0) is 0 Å². The lowest BCUT2D eigenvalue weighted by Crippen LogP contribution is -1.95. The summed E-state index contributed by atoms with van der Waals surface area (Å²) in [5.74, 6) is 0.839. The maximum absolute atomic E-state index is 6.02. The third-order valence-electron chi connectivity index (χ3n) is 3.66. The number of para-hydroxylation sites is 2. The minimum Gasteiger partial charge on any atom is -0.436 e. The van der Waals surface area contributed by atoms with Gasteiger partial charge in [0, 0.05) is 17.4 Å². The van der Waals surface area contributed by atoms with Gasteiger partial charge in [0.15, 0.2) is 5.58 Å². The van der Waals surface area contributed by atoms with E-state index in [1.807, 2.05) is 54.6 Å². The fraction of sp³-hybridized carbons (Fsp3) is 0. The lowest BCUT2D eigenvalue weighted by molar-refractivity contribution is 0.620. The highest BCUT2D eigenvalue weighted by atomic mass is 16.3. The van der Waals surface area contributed by atoms with Crippen molar-refractivity contribution in [3.63, 3.8) is 0 Å². The molecular weight excluding hydrogens is 288 g/mol. The predicted octanol–water partition coefficient (Wildman–Crippen LogP) is 3.72. The van der Waals surface area contributed by atoms with Crippen molar-refractivity contribution >= 4 is 22.6 Å². The minimum absolute atomic E-state index is 0.379. The summed E-state index contributed by atoms with van der Waals surface area (Å²) in [5, 5.41) is 0. The molecule has 5 nitrogen and oxygen atoms in total. The van der Waals surface area contributed by atoms with Crippen molar-refractivity contribution in [2.75, 3.05) is 11.5 Å². The second-order valence-corrected chi connectivity index (χ2v) is 5.27. The molecule has 112 valence electrons. The zero-order valence-corrected chi connectivity index (χ0v) is 12.2. The number of benzene rings is 2. The zero-order valence-electron chi connectivity index (χ0n) is 12.2. The number of oxazole rings is 1. The van der Waals surface area contributed by atoms with Gasteiger partial charge in [0.1, 0.15) is 11.3 Å². The van der Waals surface area contributed by atoms with E-state index in [9.17, 15) is 0 Å². The van der Waals surface area contributed by atoms with Crippen LogP contribution in [0.25, 0.3) is 33.7 Å². The number of nitrogens with zero attached hydrogens (tertiary/aromatic N) is 2. The average molecular weight is 302 g/mol. The van der Waals surface area contributed by atoms with Gasteiger partial charge in [0.25, 0.3) is 0 Å². The van der Waals surface area contributed by atoms with Gasteiger partial charge in [-0.05, 0) is 35.9 Å². The number of hydrogen-bond donors (Lipinski definition) is 2. The molecule has 0 bridgehead atoms. The highest BCUT2D eigenvalue weighted by Crippen LogP contribution is 2.31. The van der Waals surface area contributed by atoms with Crippen molar-refractivity contribution in [3.05, 3.63) is 60.8 Å². The first-order valence-corrected chi connectivity index (χ1v) is 7.18. The molecule has 0 aliphatic rings. The molecule has 0 aliphatic heterocycles. The third-order valence-corrected chi connectivity index (χ3v) is 3.66. The molecular formula is C18H14N4O. The molecule has 5 heteroatoms. The van der Waals surface area contributed by atoms with Crippen molar-refractivity contribution in [3.8, 4) is 22.6 Å². The smallest absolute Gasteiger partial charge is 0.231 e. The number of anilines is 2. The van der Waals surface area contributed by atoms with Crippen molar-refractivity contribution in [1.29, 1.82) is 0 Å². The summed E-state index contributed by atoms with van der Waals surface area (Å²) >= 11 is 0. The second-order valence-electron chi connectivity index (χ2n) is 5.27. The van der Waals surface area contributed by atoms with Crippen LogP contribution in [0.15, 0.2) is 65.2 Å². The van der Waals surface area contributed by atoms with E-state index in [1.54, 1.807) is 6.20 Å². The molecule has 2 aromatic heterocycles. The standard InChI is InChI=1S/C18H14N4O/c19-13-5-3-4-11(8-13)12-9-14(17(20)21-10-12)18-22-15-6-1-2-7-16(15)23-18/h1-10H,19H2,(H2,20,21). The van der Waals surface area contributed by atoms with Crippen molar-refractivity contribution in [2.45, 2.75) is 0 Å². The summed E-state index contributed by atoms with van der Waals surface area (Å²) < 4.78 is 5.79. The van der Waals surface area contributed by atoms with E-state index < -0.39 is 0 Å². The summed E-state index contributed by atoms with van der Waals surface area (Å²) in [4.78, 5) is 8.75. The summed E-state index contributed by atoms with van der Waals surface area (Å²) in [7, 11) is 0. The Hall–Kier alpha value is -3.34. The maximum Gasteiger partial charge on any atom is 0.231 e. The lowest BCUT2D eigenvalue weighted by atomic mass is 10.0. The van der Waals surface area contributed by atoms with Crippen LogP contribution in [0.2, 0.25) is 0 Å². The molecule has 0 atom stereocenters. The van der Waals surface area contributed by atoms with Gasteiger partial charge in [-0.25, -0.2) is 9.97 Å². The largest absolute Gasteiger partial charge is 0.436 e. The summed E-state index contributed by atoms with van der Waals surface area (Å²) in [6.45, 7) is 0. The van der Waals surface area contributed by atoms with E-state index in [0.29, 0.717) is 23.0 Å². The van der Waals surface area contributed by atoms with Gasteiger partial charge < -0.3 is 15.9 Å². The number of nitrogen functional groups attached to an aromatic ring is 2. The number of fused-ring (bicyclic) bond motifs is 1. The molecule has 0 saturated heterocycles. The Kier molecular flexibility index (Phi) is 2.98. The molecule has 0 saturated carbocycles. The van der Waals surface area contributed by atoms with E-state index in [0.717, 1.165) is 22.2 Å². The average Bonchev–Trinajstić information content (AvgIpc) is 2.99. The van der Waals surface area contributed by atoms with E-state index in [2.05, 4.69) is 9.97 Å². The second kappa shape index (κ2) is 5.14. The number of pyridine rings is 1. The molecule has 2 heterocycles. The van der Waals surface area contributed by atoms with Crippen LogP contribution in [0.1, 0.15) is 0 Å². The Labute approximate surface area is 132 Å². The highest BCUT2D eigenvalue weighted by Gasteiger charge is 2.13. The molecule has 0 radical (unpaired) electrons. The third kappa shape index (κ3) is 2.38. The van der Waals surface area contributed by atoms with Crippen molar-refractivity contribution in [1.82, 2.24) is 9.97 Å². The number of nitrogens with two attached hydrogens (primary N) is 2. The lowest BCUT2D eigenvalue weighted by Gasteiger charge is -2.06. The zero-order chi connectivity index (χ0) is 15.8. The van der Waals surface area contributed by atoms with Crippen LogP contribution in [0.4, 0.5) is 11.5 Å². The van der Waals surface area contributed by atoms with Crippen LogP contribution in [0, 0.1) is 0 Å². The quantitative estimate of drug-likeness (QED) is 0.551. The monoisotopic (exact) mass is 302 g/mol. The van der Waals surface area contributed by atoms with E-state index in [4.69, 9.17) is 15.9 Å². The van der Waals surface area contributed by atoms with Crippen LogP contribution in [0.3, 0.4) is 0 Å². The molecule has 4 rings (SSSR count). The molecule has 4 aromatic rings. The number of hydrogen-bond acceptors (Lipinski definition) is 5. The van der Waals surface area contributed by atoms with Gasteiger partial charge in [-0.2, -0.15) is 0 Å². The molecule has 0 spiro atoms. The van der Waals surface area contributed by atoms with Gasteiger partial charge >= 0.3 is 0 Å². The fourth-order valence-corrected chi connectivity index (χ4v) is 2.51.